The van der Waals surface area contributed by atoms with Crippen LogP contribution in [0.25, 0.3) is 0 Å². The molecule has 0 unspecified atom stereocenters. The van der Waals surface area contributed by atoms with Crippen LogP contribution in [0.4, 0.5) is 5.69 Å². The minimum atomic E-state index is -0.127. The van der Waals surface area contributed by atoms with Gasteiger partial charge in [-0.1, -0.05) is 23.6 Å². The van der Waals surface area contributed by atoms with E-state index in [1.165, 1.54) is 5.56 Å². The summed E-state index contributed by atoms with van der Waals surface area (Å²) in [6.07, 6.45) is 0. The molecule has 25 heavy (non-hydrogen) atoms. The summed E-state index contributed by atoms with van der Waals surface area (Å²) >= 11 is 10.3. The van der Waals surface area contributed by atoms with Gasteiger partial charge in [-0.3, -0.25) is 4.79 Å². The van der Waals surface area contributed by atoms with Gasteiger partial charge in [-0.15, -0.1) is 12.6 Å². The zero-order chi connectivity index (χ0) is 17.8. The summed E-state index contributed by atoms with van der Waals surface area (Å²) < 4.78 is 0. The van der Waals surface area contributed by atoms with Gasteiger partial charge in [-0.05, 0) is 48.9 Å². The molecule has 2 aromatic rings. The Hall–Kier alpha value is -2.09. The fourth-order valence-electron chi connectivity index (χ4n) is 2.82. The lowest BCUT2D eigenvalue weighted by Crippen LogP contribution is -2.48. The predicted octanol–water partition coefficient (Wildman–Crippen LogP) is 3.64. The van der Waals surface area contributed by atoms with Gasteiger partial charge in [-0.2, -0.15) is 0 Å². The fourth-order valence-corrected chi connectivity index (χ4v) is 3.14. The molecule has 128 valence electrons. The van der Waals surface area contributed by atoms with Gasteiger partial charge >= 0.3 is 0 Å². The third-order valence-corrected chi connectivity index (χ3v) is 4.79. The molecule has 1 saturated heterocycles. The summed E-state index contributed by atoms with van der Waals surface area (Å²) in [6, 6.07) is 13.4. The van der Waals surface area contributed by atoms with E-state index < -0.39 is 0 Å². The monoisotopic (exact) mass is 370 g/mol. The van der Waals surface area contributed by atoms with Crippen molar-refractivity contribution in [3.8, 4) is 11.8 Å². The smallest absolute Gasteiger partial charge is 0.298 e. The lowest BCUT2D eigenvalue weighted by molar-refractivity contribution is -0.125. The molecule has 1 aliphatic rings. The van der Waals surface area contributed by atoms with Gasteiger partial charge in [0.1, 0.15) is 0 Å². The summed E-state index contributed by atoms with van der Waals surface area (Å²) in [4.78, 5) is 17.2. The number of hydrogen-bond acceptors (Lipinski definition) is 3. The molecule has 0 spiro atoms. The SMILES string of the molecule is Cc1ccc(Cl)cc1N1CCN(C(=O)C#Cc2ccc(S)cc2)CC1. The van der Waals surface area contributed by atoms with E-state index in [0.29, 0.717) is 13.1 Å². The largest absolute Gasteiger partial charge is 0.368 e. The Labute approximate surface area is 159 Å². The average molecular weight is 371 g/mol. The lowest BCUT2D eigenvalue weighted by Gasteiger charge is -2.36. The van der Waals surface area contributed by atoms with Gasteiger partial charge in [0.15, 0.2) is 0 Å². The lowest BCUT2D eigenvalue weighted by atomic mass is 10.1. The molecule has 0 aromatic heterocycles. The first kappa shape index (κ1) is 17.7. The van der Waals surface area contributed by atoms with Crippen LogP contribution in [-0.2, 0) is 4.79 Å². The Balaban J connectivity index is 1.61. The number of anilines is 1. The number of piperazine rings is 1. The van der Waals surface area contributed by atoms with Crippen molar-refractivity contribution in [2.24, 2.45) is 0 Å². The molecule has 1 fully saturated rings. The maximum Gasteiger partial charge on any atom is 0.298 e. The number of halogens is 1. The number of carbonyl (C=O) groups excluding carboxylic acids is 1. The Morgan fingerprint density at radius 1 is 1.08 bits per heavy atom. The average Bonchev–Trinajstić information content (AvgIpc) is 2.63. The van der Waals surface area contributed by atoms with Crippen LogP contribution in [0.2, 0.25) is 5.02 Å². The summed E-state index contributed by atoms with van der Waals surface area (Å²) in [6.45, 7) is 4.96. The number of benzene rings is 2. The van der Waals surface area contributed by atoms with Crippen LogP contribution in [0, 0.1) is 18.8 Å². The van der Waals surface area contributed by atoms with Gasteiger partial charge in [0.05, 0.1) is 0 Å². The minimum absolute atomic E-state index is 0.127. The number of aryl methyl sites for hydroxylation is 1. The molecule has 2 aromatic carbocycles. The van der Waals surface area contributed by atoms with Crippen LogP contribution in [0.5, 0.6) is 0 Å². The first-order valence-electron chi connectivity index (χ1n) is 8.14. The van der Waals surface area contributed by atoms with E-state index >= 15 is 0 Å². The van der Waals surface area contributed by atoms with Crippen molar-refractivity contribution in [2.45, 2.75) is 11.8 Å². The third kappa shape index (κ3) is 4.50. The number of carbonyl (C=O) groups is 1. The molecule has 0 bridgehead atoms. The molecule has 1 heterocycles. The molecule has 0 N–H and O–H groups in total. The number of rotatable bonds is 1. The maximum absolute atomic E-state index is 12.3. The molecule has 0 saturated carbocycles. The van der Waals surface area contributed by atoms with Crippen LogP contribution < -0.4 is 4.90 Å². The van der Waals surface area contributed by atoms with Gasteiger partial charge in [0.2, 0.25) is 0 Å². The molecule has 5 heteroatoms. The second kappa shape index (κ2) is 7.86. The van der Waals surface area contributed by atoms with E-state index in [9.17, 15) is 4.79 Å². The van der Waals surface area contributed by atoms with E-state index in [0.717, 1.165) is 34.3 Å². The van der Waals surface area contributed by atoms with Crippen molar-refractivity contribution in [2.75, 3.05) is 31.1 Å². The zero-order valence-corrected chi connectivity index (χ0v) is 15.6. The number of amides is 1. The highest BCUT2D eigenvalue weighted by Gasteiger charge is 2.21. The van der Waals surface area contributed by atoms with Crippen molar-refractivity contribution in [1.82, 2.24) is 4.90 Å². The molecule has 1 aliphatic heterocycles. The van der Waals surface area contributed by atoms with Crippen molar-refractivity contribution in [3.63, 3.8) is 0 Å². The molecule has 0 aliphatic carbocycles. The number of hydrogen-bond donors (Lipinski definition) is 1. The molecular formula is C20H19ClN2OS. The summed E-state index contributed by atoms with van der Waals surface area (Å²) in [5.74, 6) is 5.53. The van der Waals surface area contributed by atoms with Gasteiger partial charge in [-0.25, -0.2) is 0 Å². The van der Waals surface area contributed by atoms with Crippen LogP contribution in [-0.4, -0.2) is 37.0 Å². The topological polar surface area (TPSA) is 23.6 Å². The van der Waals surface area contributed by atoms with Crippen molar-refractivity contribution in [3.05, 3.63) is 58.6 Å². The molecule has 3 nitrogen and oxygen atoms in total. The maximum atomic E-state index is 12.3. The van der Waals surface area contributed by atoms with Gasteiger partial charge < -0.3 is 9.80 Å². The van der Waals surface area contributed by atoms with Gasteiger partial charge in [0.25, 0.3) is 5.91 Å². The van der Waals surface area contributed by atoms with E-state index in [1.54, 1.807) is 4.90 Å². The zero-order valence-electron chi connectivity index (χ0n) is 14.0. The van der Waals surface area contributed by atoms with E-state index in [1.807, 2.05) is 42.5 Å². The Bertz CT molecular complexity index is 831. The first-order chi connectivity index (χ1) is 12.0. The number of thiol groups is 1. The predicted molar refractivity (Wildman–Crippen MR) is 106 cm³/mol. The minimum Gasteiger partial charge on any atom is -0.368 e. The molecule has 3 rings (SSSR count). The van der Waals surface area contributed by atoms with Gasteiger partial charge in [0, 0.05) is 53.3 Å². The third-order valence-electron chi connectivity index (χ3n) is 4.26. The fraction of sp³-hybridized carbons (Fsp3) is 0.250. The molecule has 0 atom stereocenters. The molecule has 0 radical (unpaired) electrons. The summed E-state index contributed by atoms with van der Waals surface area (Å²) in [5, 5.41) is 0.734. The van der Waals surface area contributed by atoms with Crippen molar-refractivity contribution < 1.29 is 4.79 Å². The van der Waals surface area contributed by atoms with Crippen molar-refractivity contribution >= 4 is 35.8 Å². The van der Waals surface area contributed by atoms with Crippen LogP contribution in [0.1, 0.15) is 11.1 Å². The second-order valence-corrected chi connectivity index (χ2v) is 6.96. The first-order valence-corrected chi connectivity index (χ1v) is 8.96. The molecule has 1 amide bonds. The standard InChI is InChI=1S/C20H19ClN2OS/c1-15-2-6-17(21)14-19(15)22-10-12-23(13-11-22)20(24)9-5-16-3-7-18(25)8-4-16/h2-4,6-8,14,25H,10-13H2,1H3. The Morgan fingerprint density at radius 3 is 2.44 bits per heavy atom. The highest BCUT2D eigenvalue weighted by Crippen LogP contribution is 2.25. The van der Waals surface area contributed by atoms with Crippen LogP contribution in [0.3, 0.4) is 0 Å². The van der Waals surface area contributed by atoms with E-state index in [4.69, 9.17) is 11.6 Å². The highest BCUT2D eigenvalue weighted by molar-refractivity contribution is 7.80. The Kier molecular flexibility index (Phi) is 5.57. The van der Waals surface area contributed by atoms with Crippen LogP contribution in [0.15, 0.2) is 47.4 Å². The van der Waals surface area contributed by atoms with E-state index in [2.05, 4.69) is 36.3 Å². The quantitative estimate of drug-likeness (QED) is 0.612. The normalized spacial score (nSPS) is 14.0. The van der Waals surface area contributed by atoms with E-state index in [-0.39, 0.29) is 5.91 Å². The summed E-state index contributed by atoms with van der Waals surface area (Å²) in [5.41, 5.74) is 3.15. The number of nitrogens with zero attached hydrogens (tertiary/aromatic N) is 2. The van der Waals surface area contributed by atoms with Crippen molar-refractivity contribution in [1.29, 1.82) is 0 Å². The summed E-state index contributed by atoms with van der Waals surface area (Å²) in [7, 11) is 0. The highest BCUT2D eigenvalue weighted by atomic mass is 35.5. The van der Waals surface area contributed by atoms with Crippen LogP contribution >= 0.6 is 24.2 Å². The Morgan fingerprint density at radius 2 is 1.76 bits per heavy atom. The molecular weight excluding hydrogens is 352 g/mol. The second-order valence-electron chi connectivity index (χ2n) is 6.01.